The zero-order valence-electron chi connectivity index (χ0n) is 31.6. The van der Waals surface area contributed by atoms with Gasteiger partial charge in [0.05, 0.1) is 17.9 Å². The molecule has 3 N–H and O–H groups in total. The normalized spacial score (nSPS) is 13.5. The van der Waals surface area contributed by atoms with Crippen molar-refractivity contribution in [1.82, 2.24) is 5.32 Å². The lowest BCUT2D eigenvalue weighted by Crippen LogP contribution is -2.46. The zero-order valence-corrected chi connectivity index (χ0v) is 32.4. The molecule has 0 aliphatic carbocycles. The van der Waals surface area contributed by atoms with Crippen LogP contribution in [0, 0.1) is 0 Å². The summed E-state index contributed by atoms with van der Waals surface area (Å²) in [6.45, 7) is 4.51. The van der Waals surface area contributed by atoms with E-state index in [2.05, 4.69) is 31.3 Å². The van der Waals surface area contributed by atoms with Crippen LogP contribution in [0.1, 0.15) is 213 Å². The average Bonchev–Trinajstić information content (AvgIpc) is 3.05. The number of rotatable bonds is 37. The fraction of sp³-hybridized carbons (Fsp3) is 0.878. The fourth-order valence-corrected chi connectivity index (χ4v) is 7.02. The van der Waals surface area contributed by atoms with Gasteiger partial charge >= 0.3 is 0 Å². The zero-order chi connectivity index (χ0) is 35.4. The van der Waals surface area contributed by atoms with Crippen molar-refractivity contribution in [1.29, 1.82) is 0 Å². The summed E-state index contributed by atoms with van der Waals surface area (Å²) < 4.78 is 32.4. The van der Waals surface area contributed by atoms with Crippen LogP contribution in [0.5, 0.6) is 0 Å². The number of carbonyl (C=O) groups is 1. The van der Waals surface area contributed by atoms with E-state index in [4.69, 9.17) is 0 Å². The number of hydrogen-bond donors (Lipinski definition) is 3. The Morgan fingerprint density at radius 2 is 0.896 bits per heavy atom. The van der Waals surface area contributed by atoms with Gasteiger partial charge in [0.1, 0.15) is 0 Å². The molecule has 6 nitrogen and oxygen atoms in total. The van der Waals surface area contributed by atoms with E-state index in [1.807, 2.05) is 6.08 Å². The molecule has 2 unspecified atom stereocenters. The van der Waals surface area contributed by atoms with Crippen molar-refractivity contribution in [2.24, 2.45) is 0 Å². The molecule has 0 fully saturated rings. The maximum atomic E-state index is 12.5. The Morgan fingerprint density at radius 1 is 0.542 bits per heavy atom. The molecule has 0 saturated heterocycles. The van der Waals surface area contributed by atoms with Gasteiger partial charge in [0, 0.05) is 6.42 Å². The Hall–Kier alpha value is -1.18. The molecule has 2 atom stereocenters. The van der Waals surface area contributed by atoms with Crippen molar-refractivity contribution in [3.63, 3.8) is 0 Å². The van der Waals surface area contributed by atoms with Crippen molar-refractivity contribution >= 4 is 16.0 Å². The molecule has 0 spiro atoms. The van der Waals surface area contributed by atoms with Crippen LogP contribution in [-0.2, 0) is 14.9 Å². The van der Waals surface area contributed by atoms with Crippen molar-refractivity contribution in [2.75, 3.05) is 5.75 Å². The van der Waals surface area contributed by atoms with Crippen molar-refractivity contribution < 1.29 is 22.9 Å². The third-order valence-electron chi connectivity index (χ3n) is 9.38. The standard InChI is InChI=1S/C41H79NO5S/c1-3-5-7-9-11-13-15-17-18-19-20-21-22-23-25-27-29-31-33-35-37-41(44)42-39(38-48(45,46)47)40(43)36-34-32-30-28-26-24-16-14-12-10-8-6-4-2/h26,28,34,36,39-40,43H,3-25,27,29-33,35,37-38H2,1-2H3,(H,42,44)(H,45,46,47)/b28-26+,36-34+. The molecule has 7 heteroatoms. The minimum absolute atomic E-state index is 0.285. The van der Waals surface area contributed by atoms with Crippen LogP contribution < -0.4 is 5.32 Å². The molecule has 0 saturated carbocycles. The van der Waals surface area contributed by atoms with Gasteiger partial charge in [-0.25, -0.2) is 0 Å². The van der Waals surface area contributed by atoms with Gasteiger partial charge in [-0.05, 0) is 32.1 Å². The summed E-state index contributed by atoms with van der Waals surface area (Å²) in [6, 6.07) is -1.07. The highest BCUT2D eigenvalue weighted by atomic mass is 32.2. The van der Waals surface area contributed by atoms with E-state index >= 15 is 0 Å². The largest absolute Gasteiger partial charge is 0.387 e. The molecule has 0 aliphatic rings. The molecule has 284 valence electrons. The van der Waals surface area contributed by atoms with Crippen LogP contribution in [0.25, 0.3) is 0 Å². The maximum Gasteiger partial charge on any atom is 0.267 e. The second-order valence-corrected chi connectivity index (χ2v) is 15.8. The lowest BCUT2D eigenvalue weighted by Gasteiger charge is -2.21. The summed E-state index contributed by atoms with van der Waals surface area (Å²) in [4.78, 5) is 12.5. The topological polar surface area (TPSA) is 104 Å². The molecule has 48 heavy (non-hydrogen) atoms. The highest BCUT2D eigenvalue weighted by Crippen LogP contribution is 2.15. The van der Waals surface area contributed by atoms with E-state index in [1.54, 1.807) is 0 Å². The third-order valence-corrected chi connectivity index (χ3v) is 10.2. The van der Waals surface area contributed by atoms with Gasteiger partial charge in [0.15, 0.2) is 0 Å². The number of carbonyl (C=O) groups excluding carboxylic acids is 1. The summed E-state index contributed by atoms with van der Waals surface area (Å²) in [7, 11) is -4.35. The van der Waals surface area contributed by atoms with Gasteiger partial charge in [-0.1, -0.05) is 199 Å². The van der Waals surface area contributed by atoms with Gasteiger partial charge in [-0.15, -0.1) is 0 Å². The van der Waals surface area contributed by atoms with Gasteiger partial charge in [0.25, 0.3) is 10.1 Å². The van der Waals surface area contributed by atoms with Crippen LogP contribution in [0.4, 0.5) is 0 Å². The van der Waals surface area contributed by atoms with E-state index in [9.17, 15) is 22.9 Å². The van der Waals surface area contributed by atoms with E-state index in [-0.39, 0.29) is 5.91 Å². The number of allylic oxidation sites excluding steroid dienone is 3. The molecule has 0 radical (unpaired) electrons. The first-order valence-corrected chi connectivity index (χ1v) is 22.1. The van der Waals surface area contributed by atoms with Crippen molar-refractivity contribution in [3.05, 3.63) is 24.3 Å². The van der Waals surface area contributed by atoms with Crippen LogP contribution in [-0.4, -0.2) is 41.9 Å². The number of aliphatic hydroxyl groups excluding tert-OH is 1. The molecule has 0 aliphatic heterocycles. The van der Waals surface area contributed by atoms with E-state index < -0.39 is 28.0 Å². The molecule has 0 aromatic carbocycles. The maximum absolute atomic E-state index is 12.5. The predicted octanol–water partition coefficient (Wildman–Crippen LogP) is 12.0. The Balaban J connectivity index is 3.88. The third kappa shape index (κ3) is 36.1. The number of aliphatic hydroxyl groups is 1. The van der Waals surface area contributed by atoms with Gasteiger partial charge in [-0.2, -0.15) is 8.42 Å². The van der Waals surface area contributed by atoms with E-state index in [0.29, 0.717) is 6.42 Å². The molecule has 0 aromatic heterocycles. The number of amides is 1. The second kappa shape index (κ2) is 35.6. The summed E-state index contributed by atoms with van der Waals surface area (Å²) in [6.07, 6.45) is 44.6. The summed E-state index contributed by atoms with van der Waals surface area (Å²) in [5, 5.41) is 13.2. The van der Waals surface area contributed by atoms with Gasteiger partial charge in [-0.3, -0.25) is 9.35 Å². The Labute approximate surface area is 298 Å². The van der Waals surface area contributed by atoms with Gasteiger partial charge in [0.2, 0.25) is 5.91 Å². The summed E-state index contributed by atoms with van der Waals surface area (Å²) in [5.74, 6) is -0.992. The van der Waals surface area contributed by atoms with E-state index in [1.165, 1.54) is 160 Å². The minimum atomic E-state index is -4.35. The minimum Gasteiger partial charge on any atom is -0.387 e. The van der Waals surface area contributed by atoms with Crippen LogP contribution in [0.3, 0.4) is 0 Å². The molecule has 1 amide bonds. The summed E-state index contributed by atoms with van der Waals surface area (Å²) in [5.41, 5.74) is 0. The Kier molecular flexibility index (Phi) is 34.8. The van der Waals surface area contributed by atoms with Crippen LogP contribution in [0.2, 0.25) is 0 Å². The lowest BCUT2D eigenvalue weighted by molar-refractivity contribution is -0.122. The van der Waals surface area contributed by atoms with Crippen molar-refractivity contribution in [3.8, 4) is 0 Å². The van der Waals surface area contributed by atoms with Crippen LogP contribution >= 0.6 is 0 Å². The SMILES string of the molecule is CCCCCCCCC/C=C/CC/C=C/C(O)C(CS(=O)(=O)O)NC(=O)CCCCCCCCCCCCCCCCCCCCCC. The number of hydrogen-bond acceptors (Lipinski definition) is 4. The molecule has 0 heterocycles. The monoisotopic (exact) mass is 698 g/mol. The van der Waals surface area contributed by atoms with Crippen LogP contribution in [0.15, 0.2) is 24.3 Å². The molecule has 0 aromatic rings. The summed E-state index contributed by atoms with van der Waals surface area (Å²) >= 11 is 0. The number of unbranched alkanes of at least 4 members (excludes halogenated alkanes) is 27. The first-order valence-electron chi connectivity index (χ1n) is 20.5. The molecular formula is C41H79NO5S. The van der Waals surface area contributed by atoms with Gasteiger partial charge < -0.3 is 10.4 Å². The highest BCUT2D eigenvalue weighted by Gasteiger charge is 2.24. The first-order chi connectivity index (χ1) is 23.3. The molecular weight excluding hydrogens is 619 g/mol. The second-order valence-electron chi connectivity index (χ2n) is 14.3. The predicted molar refractivity (Wildman–Crippen MR) is 207 cm³/mol. The molecule has 0 bridgehead atoms. The fourth-order valence-electron chi connectivity index (χ4n) is 6.29. The quantitative estimate of drug-likeness (QED) is 0.0340. The average molecular weight is 698 g/mol. The van der Waals surface area contributed by atoms with Crippen molar-refractivity contribution in [2.45, 2.75) is 225 Å². The first kappa shape index (κ1) is 46.8. The Morgan fingerprint density at radius 3 is 1.31 bits per heavy atom. The highest BCUT2D eigenvalue weighted by molar-refractivity contribution is 7.85. The molecule has 0 rings (SSSR count). The smallest absolute Gasteiger partial charge is 0.267 e. The number of nitrogens with one attached hydrogen (secondary N) is 1. The Bertz CT molecular complexity index is 857. The lowest BCUT2D eigenvalue weighted by atomic mass is 10.0. The van der Waals surface area contributed by atoms with E-state index in [0.717, 1.165) is 38.5 Å².